The van der Waals surface area contributed by atoms with Crippen molar-refractivity contribution >= 4 is 33.9 Å². The smallest absolute Gasteiger partial charge is 0.280 e. The summed E-state index contributed by atoms with van der Waals surface area (Å²) in [6, 6.07) is 9.78. The van der Waals surface area contributed by atoms with Crippen LogP contribution in [-0.2, 0) is 16.1 Å². The molecule has 0 radical (unpaired) electrons. The van der Waals surface area contributed by atoms with E-state index in [9.17, 15) is 25.2 Å². The molecule has 7 aromatic rings. The highest BCUT2D eigenvalue weighted by atomic mass is 16.6. The summed E-state index contributed by atoms with van der Waals surface area (Å²) < 4.78 is 24.3. The zero-order chi connectivity index (χ0) is 37.4. The third-order valence-electron chi connectivity index (χ3n) is 9.34. The first-order valence-electron chi connectivity index (χ1n) is 17.0. The van der Waals surface area contributed by atoms with E-state index in [2.05, 4.69) is 29.9 Å². The molecule has 0 saturated carbocycles. The van der Waals surface area contributed by atoms with Crippen molar-refractivity contribution in [2.75, 3.05) is 7.11 Å². The van der Waals surface area contributed by atoms with Crippen LogP contribution in [-0.4, -0.2) is 117 Å². The normalized spacial score (nSPS) is 25.5. The zero-order valence-electron chi connectivity index (χ0n) is 29.0. The molecule has 0 spiro atoms. The highest BCUT2D eigenvalue weighted by Crippen LogP contribution is 2.35. The number of hydrogen-bond donors (Lipinski definition) is 6. The van der Waals surface area contributed by atoms with Crippen LogP contribution in [0.1, 0.15) is 44.7 Å². The number of hydrogen-bond acceptors (Lipinski definition) is 14. The maximum absolute atomic E-state index is 12.0. The van der Waals surface area contributed by atoms with Crippen molar-refractivity contribution in [2.45, 2.75) is 82.4 Å². The van der Waals surface area contributed by atoms with Gasteiger partial charge in [-0.25, -0.2) is 19.9 Å². The molecule has 53 heavy (non-hydrogen) atoms. The van der Waals surface area contributed by atoms with Gasteiger partial charge in [-0.3, -0.25) is 27.7 Å². The van der Waals surface area contributed by atoms with Crippen molar-refractivity contribution in [1.82, 2.24) is 47.8 Å². The van der Waals surface area contributed by atoms with Gasteiger partial charge in [0.1, 0.15) is 31.0 Å². The van der Waals surface area contributed by atoms with Gasteiger partial charge in [0.15, 0.2) is 34.8 Å². The Bertz CT molecular complexity index is 2370. The predicted molar refractivity (Wildman–Crippen MR) is 187 cm³/mol. The van der Waals surface area contributed by atoms with Gasteiger partial charge in [0.2, 0.25) is 17.4 Å². The van der Waals surface area contributed by atoms with Crippen LogP contribution in [0.2, 0.25) is 0 Å². The van der Waals surface area contributed by atoms with Crippen molar-refractivity contribution in [1.29, 1.82) is 0 Å². The Morgan fingerprint density at radius 2 is 1.32 bits per heavy atom. The highest BCUT2D eigenvalue weighted by molar-refractivity contribution is 5.79. The maximum Gasteiger partial charge on any atom is 0.280 e. The molecule has 2 saturated heterocycles. The van der Waals surface area contributed by atoms with Crippen molar-refractivity contribution in [2.24, 2.45) is 0 Å². The number of aliphatic hydroxyl groups excluding tert-OH is 5. The van der Waals surface area contributed by atoms with Gasteiger partial charge in [-0.2, -0.15) is 4.98 Å². The van der Waals surface area contributed by atoms with E-state index in [4.69, 9.17) is 19.3 Å². The van der Waals surface area contributed by atoms with Gasteiger partial charge in [0, 0.05) is 31.9 Å². The number of aromatic amines is 1. The molecule has 19 heteroatoms. The van der Waals surface area contributed by atoms with Gasteiger partial charge in [-0.1, -0.05) is 44.2 Å². The standard InChI is InChI=1S/C20H21N5O4.C13H15N5O4.CH4O/c1-2-13-15(26)16(27)19(29-13)25-11-22-14-17(28-10-12-6-4-3-5-7-12)23-20-21-8-9-24(20)18(14)25;1-2-6-8(19)9(20)12(22-6)18-5-15-7-10(21)16-13-14-3-4-17(13)11(7)18;1-2/h3-9,11,13,15-16,19,26-27H,2,10H2,1H3;3-6,8-9,12,19-20H,2H2,1H3,(H,14,16,21);2H,1H3/t13-,15-,16-,19-;6-,8-,9-,12-;/m11./s1. The van der Waals surface area contributed by atoms with Crippen molar-refractivity contribution < 1.29 is 39.7 Å². The monoisotopic (exact) mass is 732 g/mol. The number of nitrogens with one attached hydrogen (secondary N) is 1. The fraction of sp³-hybridized carbons (Fsp3) is 0.412. The Morgan fingerprint density at radius 3 is 1.92 bits per heavy atom. The largest absolute Gasteiger partial charge is 0.471 e. The molecule has 6 aromatic heterocycles. The Morgan fingerprint density at radius 1 is 0.755 bits per heavy atom. The van der Waals surface area contributed by atoms with E-state index in [1.165, 1.54) is 6.33 Å². The second-order valence-electron chi connectivity index (χ2n) is 12.4. The molecule has 280 valence electrons. The molecule has 2 aliphatic heterocycles. The average Bonchev–Trinajstić information content (AvgIpc) is 4.04. The summed E-state index contributed by atoms with van der Waals surface area (Å²) in [4.78, 5) is 36.1. The minimum absolute atomic E-state index is 0.218. The summed E-state index contributed by atoms with van der Waals surface area (Å²) in [7, 11) is 1.00. The molecule has 0 amide bonds. The minimum atomic E-state index is -1.10. The molecule has 0 unspecified atom stereocenters. The number of ether oxygens (including phenoxy) is 3. The fourth-order valence-corrected chi connectivity index (χ4v) is 6.70. The predicted octanol–water partition coefficient (Wildman–Crippen LogP) is 0.697. The lowest BCUT2D eigenvalue weighted by molar-refractivity contribution is -0.0356. The molecule has 8 atom stereocenters. The van der Waals surface area contributed by atoms with Crippen LogP contribution in [0.3, 0.4) is 0 Å². The molecule has 0 aliphatic carbocycles. The number of imidazole rings is 4. The molecule has 8 heterocycles. The topological polar surface area (TPSA) is 245 Å². The summed E-state index contributed by atoms with van der Waals surface area (Å²) in [5.74, 6) is 1.17. The summed E-state index contributed by atoms with van der Waals surface area (Å²) in [5.41, 5.74) is 2.47. The van der Waals surface area contributed by atoms with Crippen molar-refractivity contribution in [3.8, 4) is 5.88 Å². The van der Waals surface area contributed by atoms with E-state index in [0.29, 0.717) is 53.7 Å². The Labute approximate surface area is 300 Å². The van der Waals surface area contributed by atoms with E-state index in [1.54, 1.807) is 49.1 Å². The minimum Gasteiger partial charge on any atom is -0.471 e. The number of rotatable bonds is 7. The van der Waals surface area contributed by atoms with Crippen LogP contribution in [0, 0.1) is 0 Å². The molecular formula is C34H40N10O9. The maximum atomic E-state index is 12.0. The summed E-state index contributed by atoms with van der Waals surface area (Å²) in [6.45, 7) is 4.11. The van der Waals surface area contributed by atoms with E-state index in [-0.39, 0.29) is 11.1 Å². The van der Waals surface area contributed by atoms with Crippen LogP contribution < -0.4 is 10.3 Å². The van der Waals surface area contributed by atoms with Gasteiger partial charge in [0.05, 0.1) is 24.9 Å². The Hall–Kier alpha value is -5.28. The number of benzene rings is 1. The van der Waals surface area contributed by atoms with Gasteiger partial charge in [-0.05, 0) is 18.4 Å². The zero-order valence-corrected chi connectivity index (χ0v) is 29.0. The first kappa shape index (κ1) is 36.1. The average molecular weight is 733 g/mol. The molecule has 9 rings (SSSR count). The summed E-state index contributed by atoms with van der Waals surface area (Å²) in [6.07, 6.45) is 4.20. The molecule has 2 aliphatic rings. The third-order valence-corrected chi connectivity index (χ3v) is 9.34. The van der Waals surface area contributed by atoms with Gasteiger partial charge in [-0.15, -0.1) is 0 Å². The molecular weight excluding hydrogens is 692 g/mol. The SMILES string of the molecule is CC[C@H]1O[C@@H](n2cnc3c(=O)[nH]c4nccn4c32)[C@H](O)[C@@H]1O.CC[C@H]1O[C@@H](n2cnc3c(OCc4ccccc4)nc4nccn4c32)[C@H](O)[C@@H]1O.CO. The molecule has 1 aromatic carbocycles. The van der Waals surface area contributed by atoms with Crippen LogP contribution in [0.4, 0.5) is 0 Å². The van der Waals surface area contributed by atoms with Crippen molar-refractivity contribution in [3.63, 3.8) is 0 Å². The third kappa shape index (κ3) is 6.31. The lowest BCUT2D eigenvalue weighted by Gasteiger charge is -2.17. The van der Waals surface area contributed by atoms with Crippen molar-refractivity contribution in [3.05, 3.63) is 83.7 Å². The fourth-order valence-electron chi connectivity index (χ4n) is 6.70. The van der Waals surface area contributed by atoms with Gasteiger partial charge in [0.25, 0.3) is 5.56 Å². The van der Waals surface area contributed by atoms with Crippen LogP contribution >= 0.6 is 0 Å². The number of aromatic nitrogens is 10. The Balaban J connectivity index is 0.000000162. The number of H-pyrrole nitrogens is 1. The second-order valence-corrected chi connectivity index (χ2v) is 12.4. The van der Waals surface area contributed by atoms with Crippen LogP contribution in [0.5, 0.6) is 5.88 Å². The van der Waals surface area contributed by atoms with E-state index in [0.717, 1.165) is 12.7 Å². The van der Waals surface area contributed by atoms with E-state index >= 15 is 0 Å². The molecule has 0 bridgehead atoms. The quantitative estimate of drug-likeness (QED) is 0.132. The number of fused-ring (bicyclic) bond motifs is 6. The lowest BCUT2D eigenvalue weighted by atomic mass is 10.1. The number of nitrogens with zero attached hydrogens (tertiary/aromatic N) is 9. The number of aliphatic hydroxyl groups is 5. The lowest BCUT2D eigenvalue weighted by Crippen LogP contribution is -2.31. The second kappa shape index (κ2) is 15.0. The van der Waals surface area contributed by atoms with E-state index < -0.39 is 49.1 Å². The molecule has 6 N–H and O–H groups in total. The Kier molecular flexibility index (Phi) is 10.2. The van der Waals surface area contributed by atoms with E-state index in [1.807, 2.05) is 44.2 Å². The van der Waals surface area contributed by atoms with Crippen LogP contribution in [0.25, 0.3) is 33.9 Å². The first-order valence-corrected chi connectivity index (χ1v) is 17.0. The summed E-state index contributed by atoms with van der Waals surface area (Å²) in [5, 5.41) is 48.1. The first-order chi connectivity index (χ1) is 25.8. The molecule has 19 nitrogen and oxygen atoms in total. The van der Waals surface area contributed by atoms with Gasteiger partial charge >= 0.3 is 0 Å². The molecule has 2 fully saturated rings. The van der Waals surface area contributed by atoms with Crippen LogP contribution in [0.15, 0.2) is 72.6 Å². The summed E-state index contributed by atoms with van der Waals surface area (Å²) >= 11 is 0. The highest BCUT2D eigenvalue weighted by Gasteiger charge is 2.44. The van der Waals surface area contributed by atoms with Gasteiger partial charge < -0.3 is 39.7 Å².